The molecule has 0 unspecified atom stereocenters. The first kappa shape index (κ1) is 24.5. The van der Waals surface area contributed by atoms with Crippen molar-refractivity contribution in [3.8, 4) is 5.75 Å². The van der Waals surface area contributed by atoms with Gasteiger partial charge in [0.1, 0.15) is 28.8 Å². The molecule has 0 fully saturated rings. The van der Waals surface area contributed by atoms with Crippen LogP contribution in [0.3, 0.4) is 0 Å². The number of halogens is 4. The monoisotopic (exact) mass is 497 g/mol. The Hall–Kier alpha value is -3.11. The van der Waals surface area contributed by atoms with Crippen molar-refractivity contribution in [2.75, 3.05) is 11.9 Å². The topological polar surface area (TPSA) is 80.3 Å². The van der Waals surface area contributed by atoms with Crippen molar-refractivity contribution in [1.82, 2.24) is 10.3 Å². The van der Waals surface area contributed by atoms with E-state index in [1.165, 1.54) is 12.1 Å². The van der Waals surface area contributed by atoms with Crippen molar-refractivity contribution in [2.45, 2.75) is 26.6 Å². The highest BCUT2D eigenvalue weighted by Crippen LogP contribution is 2.24. The van der Waals surface area contributed by atoms with Gasteiger partial charge in [-0.1, -0.05) is 17.7 Å². The van der Waals surface area contributed by atoms with E-state index in [0.717, 1.165) is 11.3 Å². The minimum atomic E-state index is -4.52. The van der Waals surface area contributed by atoms with Gasteiger partial charge in [-0.25, -0.2) is 4.98 Å². The van der Waals surface area contributed by atoms with Crippen molar-refractivity contribution in [3.63, 3.8) is 0 Å². The number of nitrogens with zero attached hydrogens (tertiary/aromatic N) is 1. The van der Waals surface area contributed by atoms with Gasteiger partial charge < -0.3 is 15.4 Å². The van der Waals surface area contributed by atoms with Gasteiger partial charge in [0.2, 0.25) is 0 Å². The number of carbonyl (C=O) groups is 2. The molecule has 174 valence electrons. The number of ether oxygens (including phenoxy) is 1. The van der Waals surface area contributed by atoms with Gasteiger partial charge in [-0.15, -0.1) is 11.3 Å². The number of rotatable bonds is 7. The summed E-state index contributed by atoms with van der Waals surface area (Å²) in [6, 6.07) is 11.1. The third-order valence-electron chi connectivity index (χ3n) is 4.42. The molecule has 3 aromatic rings. The summed E-state index contributed by atoms with van der Waals surface area (Å²) in [6.07, 6.45) is -4.52. The van der Waals surface area contributed by atoms with Crippen LogP contribution in [0.4, 0.5) is 18.9 Å². The van der Waals surface area contributed by atoms with E-state index in [0.29, 0.717) is 37.6 Å². The molecule has 2 amide bonds. The Bertz CT molecular complexity index is 1160. The third-order valence-corrected chi connectivity index (χ3v) is 5.80. The molecule has 0 aliphatic heterocycles. The van der Waals surface area contributed by atoms with Crippen molar-refractivity contribution < 1.29 is 27.5 Å². The minimum Gasteiger partial charge on any atom is -0.486 e. The predicted octanol–water partition coefficient (Wildman–Crippen LogP) is 5.54. The van der Waals surface area contributed by atoms with Crippen LogP contribution < -0.4 is 15.4 Å². The molecule has 6 nitrogen and oxygen atoms in total. The van der Waals surface area contributed by atoms with E-state index < -0.39 is 24.5 Å². The van der Waals surface area contributed by atoms with Gasteiger partial charge >= 0.3 is 6.18 Å². The lowest BCUT2D eigenvalue weighted by molar-refractivity contribution is -0.123. The van der Waals surface area contributed by atoms with Crippen molar-refractivity contribution >= 4 is 40.4 Å². The van der Waals surface area contributed by atoms with Gasteiger partial charge in [0.25, 0.3) is 11.8 Å². The summed E-state index contributed by atoms with van der Waals surface area (Å²) in [5.74, 6) is -0.730. The fourth-order valence-electron chi connectivity index (χ4n) is 2.76. The Morgan fingerprint density at radius 1 is 1.09 bits per heavy atom. The minimum absolute atomic E-state index is 0.00164. The summed E-state index contributed by atoms with van der Waals surface area (Å²) in [7, 11) is 0. The highest BCUT2D eigenvalue weighted by Gasteiger charge is 2.28. The predicted molar refractivity (Wildman–Crippen MR) is 120 cm³/mol. The number of hydrogen-bond donors (Lipinski definition) is 2. The summed E-state index contributed by atoms with van der Waals surface area (Å²) in [5.41, 5.74) is 1.46. The van der Waals surface area contributed by atoms with Crippen LogP contribution in [0.5, 0.6) is 5.75 Å². The quantitative estimate of drug-likeness (QED) is 0.449. The van der Waals surface area contributed by atoms with E-state index >= 15 is 0 Å². The Balaban J connectivity index is 1.68. The highest BCUT2D eigenvalue weighted by molar-refractivity contribution is 7.13. The maximum atomic E-state index is 12.8. The molecule has 0 saturated carbocycles. The Morgan fingerprint density at radius 2 is 1.79 bits per heavy atom. The molecular formula is C22H19ClF3N3O3S. The standard InChI is InChI=1S/C22H19ClF3N3O3S/c1-12-3-4-14(20(30)27-11-22(24,25)26)9-17(12)29-21(31)19-13(2)28-18(33-19)10-32-16-7-5-15(23)6-8-16/h3-9H,10-11H2,1-2H3,(H,27,30)(H,29,31). The molecule has 0 radical (unpaired) electrons. The number of benzene rings is 2. The smallest absolute Gasteiger partial charge is 0.405 e. The summed E-state index contributed by atoms with van der Waals surface area (Å²) >= 11 is 7.01. The molecule has 2 aromatic carbocycles. The lowest BCUT2D eigenvalue weighted by Crippen LogP contribution is -2.33. The Morgan fingerprint density at radius 3 is 2.45 bits per heavy atom. The van der Waals surface area contributed by atoms with Gasteiger partial charge in [0.15, 0.2) is 0 Å². The highest BCUT2D eigenvalue weighted by atomic mass is 35.5. The average Bonchev–Trinajstić information content (AvgIpc) is 3.13. The molecule has 0 saturated heterocycles. The second-order valence-corrected chi connectivity index (χ2v) is 8.57. The molecule has 33 heavy (non-hydrogen) atoms. The fourth-order valence-corrected chi connectivity index (χ4v) is 3.76. The van der Waals surface area contributed by atoms with Crippen LogP contribution in [0.1, 0.15) is 36.3 Å². The van der Waals surface area contributed by atoms with Gasteiger partial charge in [-0.2, -0.15) is 13.2 Å². The summed E-state index contributed by atoms with van der Waals surface area (Å²) < 4.78 is 42.7. The number of aromatic nitrogens is 1. The van der Waals surface area contributed by atoms with E-state index in [1.54, 1.807) is 44.2 Å². The van der Waals surface area contributed by atoms with Crippen LogP contribution in [-0.2, 0) is 6.61 Å². The molecule has 0 aliphatic rings. The van der Waals surface area contributed by atoms with E-state index in [1.807, 2.05) is 5.32 Å². The second-order valence-electron chi connectivity index (χ2n) is 7.05. The normalized spacial score (nSPS) is 11.2. The Kier molecular flexibility index (Phi) is 7.60. The third kappa shape index (κ3) is 6.93. The molecule has 1 heterocycles. The van der Waals surface area contributed by atoms with E-state index in [4.69, 9.17) is 16.3 Å². The van der Waals surface area contributed by atoms with Crippen molar-refractivity contribution in [3.05, 3.63) is 74.2 Å². The second kappa shape index (κ2) is 10.2. The van der Waals surface area contributed by atoms with Gasteiger partial charge in [-0.3, -0.25) is 9.59 Å². The first-order valence-electron chi connectivity index (χ1n) is 9.63. The first-order chi connectivity index (χ1) is 15.5. The largest absolute Gasteiger partial charge is 0.486 e. The van der Waals surface area contributed by atoms with Crippen LogP contribution in [0.2, 0.25) is 5.02 Å². The summed E-state index contributed by atoms with van der Waals surface area (Å²) in [6.45, 7) is 2.11. The number of hydrogen-bond acceptors (Lipinski definition) is 5. The molecule has 0 bridgehead atoms. The van der Waals surface area contributed by atoms with Gasteiger partial charge in [0, 0.05) is 16.3 Å². The van der Waals surface area contributed by atoms with Crippen molar-refractivity contribution in [2.24, 2.45) is 0 Å². The zero-order valence-electron chi connectivity index (χ0n) is 17.5. The first-order valence-corrected chi connectivity index (χ1v) is 10.8. The van der Waals surface area contributed by atoms with Crippen LogP contribution in [-0.4, -0.2) is 29.5 Å². The van der Waals surface area contributed by atoms with Crippen LogP contribution in [0, 0.1) is 13.8 Å². The lowest BCUT2D eigenvalue weighted by Gasteiger charge is -2.12. The SMILES string of the molecule is Cc1ccc(C(=O)NCC(F)(F)F)cc1NC(=O)c1sc(COc2ccc(Cl)cc2)nc1C. The number of carbonyl (C=O) groups excluding carboxylic acids is 2. The molecule has 0 spiro atoms. The van der Waals surface area contributed by atoms with Gasteiger partial charge in [-0.05, 0) is 55.8 Å². The fraction of sp³-hybridized carbons (Fsp3) is 0.227. The molecular weight excluding hydrogens is 479 g/mol. The molecule has 0 aliphatic carbocycles. The van der Waals surface area contributed by atoms with E-state index in [2.05, 4.69) is 10.3 Å². The summed E-state index contributed by atoms with van der Waals surface area (Å²) in [5, 5.41) is 5.68. The maximum absolute atomic E-state index is 12.8. The molecule has 0 atom stereocenters. The number of nitrogens with one attached hydrogen (secondary N) is 2. The number of aryl methyl sites for hydroxylation is 2. The number of alkyl halides is 3. The number of thiazole rings is 1. The lowest BCUT2D eigenvalue weighted by atomic mass is 10.1. The molecule has 2 N–H and O–H groups in total. The van der Waals surface area contributed by atoms with E-state index in [-0.39, 0.29) is 12.2 Å². The van der Waals surface area contributed by atoms with Crippen LogP contribution >= 0.6 is 22.9 Å². The molecule has 1 aromatic heterocycles. The van der Waals surface area contributed by atoms with Crippen molar-refractivity contribution in [1.29, 1.82) is 0 Å². The molecule has 11 heteroatoms. The summed E-state index contributed by atoms with van der Waals surface area (Å²) in [4.78, 5) is 29.5. The Labute approximate surface area is 196 Å². The number of anilines is 1. The zero-order chi connectivity index (χ0) is 24.2. The molecule has 3 rings (SSSR count). The van der Waals surface area contributed by atoms with Crippen LogP contribution in [0.15, 0.2) is 42.5 Å². The maximum Gasteiger partial charge on any atom is 0.405 e. The average molecular weight is 498 g/mol. The number of amides is 2. The zero-order valence-corrected chi connectivity index (χ0v) is 19.1. The van der Waals surface area contributed by atoms with Crippen LogP contribution in [0.25, 0.3) is 0 Å². The van der Waals surface area contributed by atoms with E-state index in [9.17, 15) is 22.8 Å². The van der Waals surface area contributed by atoms with Gasteiger partial charge in [0.05, 0.1) is 5.69 Å².